The van der Waals surface area contributed by atoms with Crippen molar-refractivity contribution in [2.24, 2.45) is 0 Å². The lowest BCUT2D eigenvalue weighted by atomic mass is 10.0. The molecule has 6 heteroatoms. The number of nitrogens with zero attached hydrogens (tertiary/aromatic N) is 2. The molecule has 0 saturated carbocycles. The zero-order valence-corrected chi connectivity index (χ0v) is 15.8. The van der Waals surface area contributed by atoms with Gasteiger partial charge in [0, 0.05) is 23.9 Å². The van der Waals surface area contributed by atoms with E-state index in [0.29, 0.717) is 22.2 Å². The molecule has 1 N–H and O–H groups in total. The summed E-state index contributed by atoms with van der Waals surface area (Å²) in [6, 6.07) is 1.87. The average Bonchev–Trinajstić information content (AvgIpc) is 2.75. The largest absolute Gasteiger partial charge is 0.445 e. The van der Waals surface area contributed by atoms with E-state index in [-0.39, 0.29) is 0 Å². The Balaban J connectivity index is 2.51. The van der Waals surface area contributed by atoms with Gasteiger partial charge in [-0.25, -0.2) is 9.97 Å². The second kappa shape index (κ2) is 6.92. The van der Waals surface area contributed by atoms with Crippen LogP contribution in [0.25, 0.3) is 11.6 Å². The molecule has 0 fully saturated rings. The molecule has 4 nitrogen and oxygen atoms in total. The van der Waals surface area contributed by atoms with Gasteiger partial charge in [-0.2, -0.15) is 0 Å². The van der Waals surface area contributed by atoms with Crippen LogP contribution in [0.3, 0.4) is 0 Å². The molecule has 2 heterocycles. The summed E-state index contributed by atoms with van der Waals surface area (Å²) in [5.74, 6) is 2.51. The average molecular weight is 417 g/mol. The van der Waals surface area contributed by atoms with Crippen LogP contribution < -0.4 is 5.32 Å². The summed E-state index contributed by atoms with van der Waals surface area (Å²) in [5, 5.41) is 3.40. The molecular formula is C15H19Br2N3O. The predicted molar refractivity (Wildman–Crippen MR) is 92.7 cm³/mol. The molecule has 0 saturated heterocycles. The van der Waals surface area contributed by atoms with E-state index in [1.807, 2.05) is 13.0 Å². The molecule has 0 aromatic carbocycles. The minimum atomic E-state index is 0.369. The summed E-state index contributed by atoms with van der Waals surface area (Å²) in [6.45, 7) is 9.36. The van der Waals surface area contributed by atoms with Gasteiger partial charge in [-0.15, -0.1) is 0 Å². The van der Waals surface area contributed by atoms with Gasteiger partial charge in [0.2, 0.25) is 0 Å². The van der Waals surface area contributed by atoms with Crippen LogP contribution in [0, 0.1) is 6.92 Å². The van der Waals surface area contributed by atoms with Crippen molar-refractivity contribution in [2.75, 3.05) is 11.9 Å². The third-order valence-electron chi connectivity index (χ3n) is 3.12. The van der Waals surface area contributed by atoms with Gasteiger partial charge in [0.05, 0.1) is 4.47 Å². The minimum absolute atomic E-state index is 0.369. The lowest BCUT2D eigenvalue weighted by molar-refractivity contribution is 0.549. The molecule has 0 spiro atoms. The zero-order valence-electron chi connectivity index (χ0n) is 12.6. The summed E-state index contributed by atoms with van der Waals surface area (Å²) in [6.07, 6.45) is 1.05. The number of anilines is 1. The Morgan fingerprint density at radius 1 is 1.29 bits per heavy atom. The van der Waals surface area contributed by atoms with E-state index < -0.39 is 0 Å². The number of rotatable bonds is 5. The third-order valence-corrected chi connectivity index (χ3v) is 4.83. The number of aromatic nitrogens is 2. The van der Waals surface area contributed by atoms with Gasteiger partial charge in [-0.1, -0.05) is 20.8 Å². The molecule has 2 aromatic heterocycles. The first-order valence-electron chi connectivity index (χ1n) is 7.01. The molecule has 2 rings (SSSR count). The normalized spacial score (nSPS) is 11.2. The van der Waals surface area contributed by atoms with E-state index in [1.54, 1.807) is 0 Å². The monoisotopic (exact) mass is 415 g/mol. The van der Waals surface area contributed by atoms with E-state index in [2.05, 4.69) is 67.9 Å². The van der Waals surface area contributed by atoms with E-state index in [9.17, 15) is 0 Å². The maximum atomic E-state index is 5.63. The molecule has 0 aliphatic rings. The number of aryl methyl sites for hydroxylation is 1. The molecule has 0 atom stereocenters. The molecule has 0 unspecified atom stereocenters. The van der Waals surface area contributed by atoms with Crippen molar-refractivity contribution in [2.45, 2.75) is 40.0 Å². The number of hydrogen-bond acceptors (Lipinski definition) is 4. The maximum absolute atomic E-state index is 5.63. The highest BCUT2D eigenvalue weighted by molar-refractivity contribution is 9.13. The van der Waals surface area contributed by atoms with Crippen LogP contribution in [0.1, 0.15) is 44.4 Å². The van der Waals surface area contributed by atoms with Gasteiger partial charge in [0.15, 0.2) is 16.3 Å². The minimum Gasteiger partial charge on any atom is -0.445 e. The Labute approximate surface area is 142 Å². The number of nitrogens with one attached hydrogen (secondary N) is 1. The van der Waals surface area contributed by atoms with Crippen molar-refractivity contribution >= 4 is 37.7 Å². The first kappa shape index (κ1) is 16.5. The highest BCUT2D eigenvalue weighted by Gasteiger charge is 2.18. The van der Waals surface area contributed by atoms with Crippen molar-refractivity contribution in [1.29, 1.82) is 0 Å². The molecular weight excluding hydrogens is 398 g/mol. The summed E-state index contributed by atoms with van der Waals surface area (Å²) in [7, 11) is 0. The van der Waals surface area contributed by atoms with Crippen molar-refractivity contribution in [3.8, 4) is 11.6 Å². The van der Waals surface area contributed by atoms with Crippen molar-refractivity contribution in [1.82, 2.24) is 9.97 Å². The molecule has 0 aliphatic heterocycles. The van der Waals surface area contributed by atoms with Crippen LogP contribution in [-0.2, 0) is 0 Å². The van der Waals surface area contributed by atoms with Gasteiger partial charge < -0.3 is 9.73 Å². The maximum Gasteiger partial charge on any atom is 0.197 e. The van der Waals surface area contributed by atoms with Crippen LogP contribution >= 0.6 is 31.9 Å². The molecule has 0 bridgehead atoms. The van der Waals surface area contributed by atoms with Crippen molar-refractivity contribution in [3.63, 3.8) is 0 Å². The summed E-state index contributed by atoms with van der Waals surface area (Å²) in [4.78, 5) is 9.26. The smallest absolute Gasteiger partial charge is 0.197 e. The van der Waals surface area contributed by atoms with Gasteiger partial charge in [0.25, 0.3) is 0 Å². The van der Waals surface area contributed by atoms with Gasteiger partial charge in [-0.05, 0) is 51.1 Å². The third kappa shape index (κ3) is 3.66. The van der Waals surface area contributed by atoms with Crippen LogP contribution in [0.4, 0.5) is 5.82 Å². The second-order valence-corrected chi connectivity index (χ2v) is 6.78. The van der Waals surface area contributed by atoms with Crippen LogP contribution in [0.5, 0.6) is 0 Å². The topological polar surface area (TPSA) is 51.0 Å². The molecule has 2 aromatic rings. The summed E-state index contributed by atoms with van der Waals surface area (Å²) in [5.41, 5.74) is 2.15. The fraction of sp³-hybridized carbons (Fsp3) is 0.467. The van der Waals surface area contributed by atoms with E-state index in [1.165, 1.54) is 0 Å². The van der Waals surface area contributed by atoms with Gasteiger partial charge >= 0.3 is 0 Å². The van der Waals surface area contributed by atoms with Gasteiger partial charge in [0.1, 0.15) is 5.82 Å². The summed E-state index contributed by atoms with van der Waals surface area (Å²) >= 11 is 6.76. The Morgan fingerprint density at radius 2 is 2.00 bits per heavy atom. The van der Waals surface area contributed by atoms with E-state index in [0.717, 1.165) is 34.5 Å². The van der Waals surface area contributed by atoms with Gasteiger partial charge in [-0.3, -0.25) is 0 Å². The standard InChI is InChI=1S/C15H19Br2N3O/c1-5-6-18-15-12(8(2)3)9(4)19-14(20-15)11-7-10(16)13(17)21-11/h7-8H,5-6H2,1-4H3,(H,18,19,20). The highest BCUT2D eigenvalue weighted by atomic mass is 79.9. The Bertz CT molecular complexity index is 619. The van der Waals surface area contributed by atoms with Crippen molar-refractivity contribution in [3.05, 3.63) is 26.5 Å². The number of hydrogen-bond donors (Lipinski definition) is 1. The van der Waals surface area contributed by atoms with Crippen LogP contribution in [0.15, 0.2) is 19.6 Å². The summed E-state index contributed by atoms with van der Waals surface area (Å²) < 4.78 is 7.14. The quantitative estimate of drug-likeness (QED) is 0.697. The number of furan rings is 1. The molecule has 0 radical (unpaired) electrons. The predicted octanol–water partition coefficient (Wildman–Crippen LogP) is 5.52. The van der Waals surface area contributed by atoms with Crippen LogP contribution in [0.2, 0.25) is 0 Å². The van der Waals surface area contributed by atoms with Crippen molar-refractivity contribution < 1.29 is 4.42 Å². The van der Waals surface area contributed by atoms with E-state index in [4.69, 9.17) is 4.42 Å². The fourth-order valence-corrected chi connectivity index (χ4v) is 2.80. The zero-order chi connectivity index (χ0) is 15.6. The second-order valence-electron chi connectivity index (χ2n) is 5.21. The fourth-order valence-electron chi connectivity index (χ4n) is 2.22. The lowest BCUT2D eigenvalue weighted by Crippen LogP contribution is -2.10. The first-order chi connectivity index (χ1) is 9.93. The first-order valence-corrected chi connectivity index (χ1v) is 8.60. The lowest BCUT2D eigenvalue weighted by Gasteiger charge is -2.16. The Hall–Kier alpha value is -0.880. The van der Waals surface area contributed by atoms with Crippen LogP contribution in [-0.4, -0.2) is 16.5 Å². The van der Waals surface area contributed by atoms with E-state index >= 15 is 0 Å². The molecule has 0 amide bonds. The SMILES string of the molecule is CCCNc1nc(-c2cc(Br)c(Br)o2)nc(C)c1C(C)C. The molecule has 0 aliphatic carbocycles. The molecule has 114 valence electrons. The Morgan fingerprint density at radius 3 is 2.52 bits per heavy atom. The molecule has 21 heavy (non-hydrogen) atoms. The highest BCUT2D eigenvalue weighted by Crippen LogP contribution is 2.33. The Kier molecular flexibility index (Phi) is 5.43. The number of halogens is 2.